The van der Waals surface area contributed by atoms with Gasteiger partial charge in [0.05, 0.1) is 18.2 Å². The number of hydrogen-bond acceptors (Lipinski definition) is 6. The molecule has 5 rings (SSSR count). The van der Waals surface area contributed by atoms with Crippen molar-refractivity contribution >= 4 is 17.0 Å². The molecule has 0 radical (unpaired) electrons. The average molecular weight is 508 g/mol. The number of fused-ring (bicyclic) bond motifs is 1. The molecule has 3 aromatic heterocycles. The number of aliphatic hydroxyl groups is 1. The molecule has 0 saturated carbocycles. The van der Waals surface area contributed by atoms with Gasteiger partial charge in [-0.05, 0) is 54.3 Å². The van der Waals surface area contributed by atoms with Gasteiger partial charge in [-0.2, -0.15) is 0 Å². The SMILES string of the molecule is Cc1ccc(C(NC(=O)Cc2ccc3oc(C(O)Cc4ccnc(O)c4)cc3n2)c2ccccc2)c(C)c1. The number of nitrogens with zero attached hydrogens (tertiary/aromatic N) is 2. The Morgan fingerprint density at radius 3 is 2.58 bits per heavy atom. The maximum Gasteiger partial charge on any atom is 0.226 e. The highest BCUT2D eigenvalue weighted by Gasteiger charge is 2.20. The Labute approximate surface area is 220 Å². The van der Waals surface area contributed by atoms with Crippen molar-refractivity contribution in [1.82, 2.24) is 15.3 Å². The Morgan fingerprint density at radius 2 is 1.82 bits per heavy atom. The van der Waals surface area contributed by atoms with Crippen LogP contribution < -0.4 is 5.32 Å². The molecule has 38 heavy (non-hydrogen) atoms. The zero-order valence-electron chi connectivity index (χ0n) is 21.3. The first kappa shape index (κ1) is 25.2. The number of carbonyl (C=O) groups excluding carboxylic acids is 1. The van der Waals surface area contributed by atoms with Crippen molar-refractivity contribution in [3.05, 3.63) is 124 Å². The quantitative estimate of drug-likeness (QED) is 0.264. The van der Waals surface area contributed by atoms with Crippen LogP contribution in [0.4, 0.5) is 0 Å². The van der Waals surface area contributed by atoms with E-state index in [1.54, 1.807) is 24.3 Å². The molecule has 1 amide bonds. The maximum absolute atomic E-state index is 13.2. The fourth-order valence-corrected chi connectivity index (χ4v) is 4.67. The molecule has 2 aromatic carbocycles. The van der Waals surface area contributed by atoms with Crippen molar-refractivity contribution in [2.75, 3.05) is 0 Å². The summed E-state index contributed by atoms with van der Waals surface area (Å²) in [7, 11) is 0. The number of hydrogen-bond donors (Lipinski definition) is 3. The molecule has 0 spiro atoms. The molecule has 0 saturated heterocycles. The van der Waals surface area contributed by atoms with Gasteiger partial charge in [-0.3, -0.25) is 4.79 Å². The molecule has 0 aliphatic rings. The first-order chi connectivity index (χ1) is 18.4. The van der Waals surface area contributed by atoms with Gasteiger partial charge in [-0.15, -0.1) is 0 Å². The average Bonchev–Trinajstić information content (AvgIpc) is 3.32. The van der Waals surface area contributed by atoms with Gasteiger partial charge in [0.2, 0.25) is 11.8 Å². The Bertz CT molecular complexity index is 1580. The van der Waals surface area contributed by atoms with Crippen LogP contribution in [-0.2, 0) is 17.6 Å². The van der Waals surface area contributed by atoms with E-state index < -0.39 is 6.10 Å². The fraction of sp³-hybridized carbons (Fsp3) is 0.194. The van der Waals surface area contributed by atoms with Crippen LogP contribution in [0.15, 0.2) is 89.5 Å². The summed E-state index contributed by atoms with van der Waals surface area (Å²) in [4.78, 5) is 21.5. The van der Waals surface area contributed by atoms with E-state index in [2.05, 4.69) is 47.3 Å². The summed E-state index contributed by atoms with van der Waals surface area (Å²) < 4.78 is 5.80. The summed E-state index contributed by atoms with van der Waals surface area (Å²) in [5.74, 6) is 0.118. The number of nitrogens with one attached hydrogen (secondary N) is 1. The monoisotopic (exact) mass is 507 g/mol. The van der Waals surface area contributed by atoms with Gasteiger partial charge in [-0.1, -0.05) is 54.1 Å². The highest BCUT2D eigenvalue weighted by atomic mass is 16.4. The summed E-state index contributed by atoms with van der Waals surface area (Å²) >= 11 is 0. The molecular weight excluding hydrogens is 478 g/mol. The normalized spacial score (nSPS) is 12.8. The molecule has 0 aliphatic heterocycles. The van der Waals surface area contributed by atoms with Crippen molar-refractivity contribution in [3.8, 4) is 5.88 Å². The van der Waals surface area contributed by atoms with Crippen LogP contribution in [-0.4, -0.2) is 26.1 Å². The zero-order valence-corrected chi connectivity index (χ0v) is 21.3. The van der Waals surface area contributed by atoms with Crippen LogP contribution in [0.3, 0.4) is 0 Å². The van der Waals surface area contributed by atoms with Crippen molar-refractivity contribution in [2.45, 2.75) is 38.8 Å². The maximum atomic E-state index is 13.2. The van der Waals surface area contributed by atoms with Gasteiger partial charge in [0, 0.05) is 24.8 Å². The van der Waals surface area contributed by atoms with E-state index in [0.717, 1.165) is 22.3 Å². The van der Waals surface area contributed by atoms with E-state index >= 15 is 0 Å². The Kier molecular flexibility index (Phi) is 7.20. The number of aromatic nitrogens is 2. The Morgan fingerprint density at radius 1 is 1.00 bits per heavy atom. The predicted octanol–water partition coefficient (Wildman–Crippen LogP) is 5.27. The van der Waals surface area contributed by atoms with Gasteiger partial charge in [0.25, 0.3) is 0 Å². The van der Waals surface area contributed by atoms with Gasteiger partial charge in [-0.25, -0.2) is 9.97 Å². The number of aryl methyl sites for hydroxylation is 2. The standard InChI is InChI=1S/C31H29N3O4/c1-19-8-10-24(20(2)14-19)31(22-6-4-3-5-7-22)34-30(37)17-23-9-11-27-25(33-23)18-28(38-27)26(35)15-21-12-13-32-29(36)16-21/h3-14,16,18,26,31,35H,15,17H2,1-2H3,(H,32,36)(H,34,37). The Hall–Kier alpha value is -4.49. The van der Waals surface area contributed by atoms with Crippen molar-refractivity contribution in [3.63, 3.8) is 0 Å². The van der Waals surface area contributed by atoms with Gasteiger partial charge in [0.15, 0.2) is 5.58 Å². The summed E-state index contributed by atoms with van der Waals surface area (Å²) in [6, 6.07) is 24.3. The highest BCUT2D eigenvalue weighted by molar-refractivity contribution is 5.80. The minimum Gasteiger partial charge on any atom is -0.493 e. The third-order valence-corrected chi connectivity index (χ3v) is 6.53. The van der Waals surface area contributed by atoms with Gasteiger partial charge in [0.1, 0.15) is 17.4 Å². The lowest BCUT2D eigenvalue weighted by atomic mass is 9.93. The molecule has 0 aliphatic carbocycles. The van der Waals surface area contributed by atoms with Crippen LogP contribution in [0, 0.1) is 13.8 Å². The van der Waals surface area contributed by atoms with Crippen LogP contribution >= 0.6 is 0 Å². The van der Waals surface area contributed by atoms with Crippen LogP contribution in [0.1, 0.15) is 51.4 Å². The van der Waals surface area contributed by atoms with E-state index in [9.17, 15) is 15.0 Å². The number of aliphatic hydroxyl groups excluding tert-OH is 1. The number of amides is 1. The second kappa shape index (κ2) is 10.9. The molecule has 3 heterocycles. The number of furan rings is 1. The molecule has 0 bridgehead atoms. The third kappa shape index (κ3) is 5.74. The second-order valence-corrected chi connectivity index (χ2v) is 9.52. The summed E-state index contributed by atoms with van der Waals surface area (Å²) in [6.07, 6.45) is 0.924. The molecule has 2 unspecified atom stereocenters. The largest absolute Gasteiger partial charge is 0.493 e. The molecule has 0 fully saturated rings. The van der Waals surface area contributed by atoms with Crippen molar-refractivity contribution in [2.24, 2.45) is 0 Å². The lowest BCUT2D eigenvalue weighted by Crippen LogP contribution is -2.31. The minimum absolute atomic E-state index is 0.101. The first-order valence-electron chi connectivity index (χ1n) is 12.5. The third-order valence-electron chi connectivity index (χ3n) is 6.53. The minimum atomic E-state index is -0.915. The van der Waals surface area contributed by atoms with Crippen molar-refractivity contribution < 1.29 is 19.4 Å². The smallest absolute Gasteiger partial charge is 0.226 e. The fourth-order valence-electron chi connectivity index (χ4n) is 4.67. The molecule has 7 heteroatoms. The summed E-state index contributed by atoms with van der Waals surface area (Å²) in [6.45, 7) is 4.11. The van der Waals surface area contributed by atoms with Crippen LogP contribution in [0.25, 0.3) is 11.1 Å². The lowest BCUT2D eigenvalue weighted by Gasteiger charge is -2.22. The van der Waals surface area contributed by atoms with Crippen LogP contribution in [0.5, 0.6) is 5.88 Å². The summed E-state index contributed by atoms with van der Waals surface area (Å²) in [5.41, 5.74) is 6.77. The van der Waals surface area contributed by atoms with E-state index in [1.165, 1.54) is 17.8 Å². The number of rotatable bonds is 8. The van der Waals surface area contributed by atoms with Crippen LogP contribution in [0.2, 0.25) is 0 Å². The second-order valence-electron chi connectivity index (χ2n) is 9.52. The molecule has 2 atom stereocenters. The summed E-state index contributed by atoms with van der Waals surface area (Å²) in [5, 5.41) is 23.4. The van der Waals surface area contributed by atoms with Crippen molar-refractivity contribution in [1.29, 1.82) is 0 Å². The zero-order chi connectivity index (χ0) is 26.6. The lowest BCUT2D eigenvalue weighted by molar-refractivity contribution is -0.121. The Balaban J connectivity index is 1.33. The van der Waals surface area contributed by atoms with Gasteiger partial charge >= 0.3 is 0 Å². The number of benzene rings is 2. The number of pyridine rings is 2. The molecule has 3 N–H and O–H groups in total. The number of aromatic hydroxyl groups is 1. The van der Waals surface area contributed by atoms with Gasteiger partial charge < -0.3 is 19.9 Å². The molecule has 5 aromatic rings. The van der Waals surface area contributed by atoms with E-state index in [-0.39, 0.29) is 30.7 Å². The molecular formula is C31H29N3O4. The molecule has 192 valence electrons. The predicted molar refractivity (Wildman–Crippen MR) is 145 cm³/mol. The first-order valence-corrected chi connectivity index (χ1v) is 12.5. The number of carbonyl (C=O) groups is 1. The molecule has 7 nitrogen and oxygen atoms in total. The topological polar surface area (TPSA) is 108 Å². The van der Waals surface area contributed by atoms with E-state index in [1.807, 2.05) is 30.3 Å². The highest BCUT2D eigenvalue weighted by Crippen LogP contribution is 2.28. The van der Waals surface area contributed by atoms with E-state index in [0.29, 0.717) is 22.6 Å². The van der Waals surface area contributed by atoms with E-state index in [4.69, 9.17) is 4.42 Å².